The predicted octanol–water partition coefficient (Wildman–Crippen LogP) is 2.49. The molecule has 5 atom stereocenters. The van der Waals surface area contributed by atoms with Gasteiger partial charge in [0.1, 0.15) is 30.3 Å². The third-order valence-electron chi connectivity index (χ3n) is 6.53. The van der Waals surface area contributed by atoms with Crippen molar-refractivity contribution in [3.05, 3.63) is 58.1 Å². The van der Waals surface area contributed by atoms with Crippen molar-refractivity contribution in [2.24, 2.45) is 0 Å². The molecule has 1 saturated heterocycles. The predicted molar refractivity (Wildman–Crippen MR) is 134 cm³/mol. The lowest BCUT2D eigenvalue weighted by molar-refractivity contribution is -0.276. The van der Waals surface area contributed by atoms with Crippen LogP contribution in [0.2, 0.25) is 0 Å². The van der Waals surface area contributed by atoms with Gasteiger partial charge in [0.15, 0.2) is 24.0 Å². The van der Waals surface area contributed by atoms with Crippen LogP contribution in [0.5, 0.6) is 11.5 Å². The van der Waals surface area contributed by atoms with Gasteiger partial charge < -0.3 is 33.9 Å². The molecule has 4 rings (SSSR count). The van der Waals surface area contributed by atoms with Crippen LogP contribution in [0.25, 0.3) is 0 Å². The molecule has 0 amide bonds. The number of fused-ring (bicyclic) bond motifs is 2. The Morgan fingerprint density at radius 3 is 2.12 bits per heavy atom. The van der Waals surface area contributed by atoms with Crippen LogP contribution in [0.3, 0.4) is 0 Å². The quantitative estimate of drug-likeness (QED) is 0.248. The van der Waals surface area contributed by atoms with Crippen LogP contribution in [-0.4, -0.2) is 70.9 Å². The van der Waals surface area contributed by atoms with Crippen LogP contribution in [0.15, 0.2) is 30.3 Å². The zero-order valence-electron chi connectivity index (χ0n) is 22.2. The second-order valence-electron chi connectivity index (χ2n) is 9.43. The molecule has 0 unspecified atom stereocenters. The lowest BCUT2D eigenvalue weighted by atomic mass is 9.81. The molecular formula is C28H28O12. The first-order valence-electron chi connectivity index (χ1n) is 12.4. The molecule has 0 radical (unpaired) electrons. The van der Waals surface area contributed by atoms with Crippen molar-refractivity contribution in [3.8, 4) is 11.5 Å². The summed E-state index contributed by atoms with van der Waals surface area (Å²) in [6.07, 6.45) is -5.50. The number of ether oxygens (including phenoxy) is 5. The summed E-state index contributed by atoms with van der Waals surface area (Å²) in [6, 6.07) is 7.21. The molecule has 0 spiro atoms. The first-order valence-corrected chi connectivity index (χ1v) is 12.4. The summed E-state index contributed by atoms with van der Waals surface area (Å²) >= 11 is 0. The first kappa shape index (κ1) is 28.7. The summed E-state index contributed by atoms with van der Waals surface area (Å²) in [5, 5.41) is 21.8. The summed E-state index contributed by atoms with van der Waals surface area (Å²) in [4.78, 5) is 61.2. The summed E-state index contributed by atoms with van der Waals surface area (Å²) < 4.78 is 27.6. The van der Waals surface area contributed by atoms with Crippen molar-refractivity contribution >= 4 is 29.5 Å². The molecule has 40 heavy (non-hydrogen) atoms. The molecule has 0 bridgehead atoms. The Balaban J connectivity index is 1.64. The van der Waals surface area contributed by atoms with Crippen molar-refractivity contribution in [3.63, 3.8) is 0 Å². The average Bonchev–Trinajstić information content (AvgIpc) is 2.88. The highest BCUT2D eigenvalue weighted by atomic mass is 16.7. The number of phenolic OH excluding ortho intramolecular Hbond substituents is 2. The minimum atomic E-state index is -1.14. The monoisotopic (exact) mass is 556 g/mol. The molecule has 2 aromatic rings. The van der Waals surface area contributed by atoms with Gasteiger partial charge in [-0.05, 0) is 13.0 Å². The number of rotatable bonds is 7. The molecule has 1 fully saturated rings. The maximum Gasteiger partial charge on any atom is 0.303 e. The zero-order chi connectivity index (χ0) is 29.3. The fraction of sp³-hybridized carbons (Fsp3) is 0.393. The van der Waals surface area contributed by atoms with Gasteiger partial charge in [-0.3, -0.25) is 24.0 Å². The Morgan fingerprint density at radius 1 is 0.950 bits per heavy atom. The van der Waals surface area contributed by atoms with Crippen molar-refractivity contribution in [1.82, 2.24) is 0 Å². The third kappa shape index (κ3) is 5.68. The molecule has 1 aliphatic heterocycles. The van der Waals surface area contributed by atoms with E-state index in [4.69, 9.17) is 23.7 Å². The van der Waals surface area contributed by atoms with Gasteiger partial charge in [0.25, 0.3) is 0 Å². The Kier molecular flexibility index (Phi) is 8.21. The number of hydrogen-bond acceptors (Lipinski definition) is 12. The van der Waals surface area contributed by atoms with E-state index in [1.54, 1.807) is 12.1 Å². The molecule has 2 aromatic carbocycles. The Hall–Kier alpha value is -4.29. The van der Waals surface area contributed by atoms with Crippen LogP contribution >= 0.6 is 0 Å². The minimum Gasteiger partial charge on any atom is -0.507 e. The van der Waals surface area contributed by atoms with Gasteiger partial charge in [-0.25, -0.2) is 0 Å². The summed E-state index contributed by atoms with van der Waals surface area (Å²) in [6.45, 7) is 4.67. The van der Waals surface area contributed by atoms with Crippen LogP contribution in [-0.2, 0) is 38.1 Å². The molecule has 212 valence electrons. The number of phenols is 2. The van der Waals surface area contributed by atoms with E-state index in [9.17, 15) is 34.2 Å². The molecule has 0 saturated carbocycles. The molecule has 2 N–H and O–H groups in total. The standard InChI is InChI=1S/C28H28O12/c1-12(18-9-19(32)23-24(27(18)35)26(34)17-8-6-5-7-16(17)25(23)33)37-22-10-20(38-14(3)30)28(39-15(4)31)21(40-22)11-36-13(2)29/h5-9,12,20-22,28,32,35H,10-11H2,1-4H3/t12-,20+,21+,22-,28-/m0/s1. The second kappa shape index (κ2) is 11.4. The van der Waals surface area contributed by atoms with E-state index in [2.05, 4.69) is 0 Å². The molecular weight excluding hydrogens is 528 g/mol. The fourth-order valence-electron chi connectivity index (χ4n) is 4.87. The first-order chi connectivity index (χ1) is 18.9. The van der Waals surface area contributed by atoms with E-state index < -0.39 is 71.7 Å². The van der Waals surface area contributed by atoms with Crippen molar-refractivity contribution < 1.29 is 57.9 Å². The summed E-state index contributed by atoms with van der Waals surface area (Å²) in [5.74, 6) is -4.28. The highest BCUT2D eigenvalue weighted by Gasteiger charge is 2.45. The van der Waals surface area contributed by atoms with Gasteiger partial charge in [0, 0.05) is 43.9 Å². The van der Waals surface area contributed by atoms with E-state index >= 15 is 0 Å². The number of hydrogen-bond donors (Lipinski definition) is 2. The molecule has 12 heteroatoms. The number of carbonyl (C=O) groups is 5. The topological polar surface area (TPSA) is 172 Å². The van der Waals surface area contributed by atoms with E-state index in [1.165, 1.54) is 32.9 Å². The van der Waals surface area contributed by atoms with Crippen molar-refractivity contribution in [2.75, 3.05) is 6.61 Å². The largest absolute Gasteiger partial charge is 0.507 e. The third-order valence-corrected chi connectivity index (χ3v) is 6.53. The van der Waals surface area contributed by atoms with Gasteiger partial charge in [-0.15, -0.1) is 0 Å². The van der Waals surface area contributed by atoms with Crippen molar-refractivity contribution in [2.45, 2.75) is 64.8 Å². The number of carbonyl (C=O) groups excluding carboxylic acids is 5. The summed E-state index contributed by atoms with van der Waals surface area (Å²) in [7, 11) is 0. The zero-order valence-corrected chi connectivity index (χ0v) is 22.2. The highest BCUT2D eigenvalue weighted by Crippen LogP contribution is 2.43. The Morgan fingerprint density at radius 2 is 1.55 bits per heavy atom. The fourth-order valence-corrected chi connectivity index (χ4v) is 4.87. The Bertz CT molecular complexity index is 1380. The number of esters is 3. The SMILES string of the molecule is CC(=O)OC[C@H]1O[C@H](O[C@@H](C)c2cc(O)c3c(c2O)C(=O)c2ccccc2C3=O)C[C@@H](OC(C)=O)[C@@H]1OC(C)=O. The van der Waals surface area contributed by atoms with E-state index in [0.717, 1.165) is 13.0 Å². The smallest absolute Gasteiger partial charge is 0.303 e. The summed E-state index contributed by atoms with van der Waals surface area (Å²) in [5.41, 5.74) is -0.473. The maximum atomic E-state index is 13.2. The van der Waals surface area contributed by atoms with Crippen LogP contribution in [0, 0.1) is 0 Å². The molecule has 1 heterocycles. The number of aromatic hydroxyl groups is 2. The second-order valence-corrected chi connectivity index (χ2v) is 9.43. The van der Waals surface area contributed by atoms with Crippen molar-refractivity contribution in [1.29, 1.82) is 0 Å². The molecule has 12 nitrogen and oxygen atoms in total. The molecule has 2 aliphatic rings. The number of ketones is 2. The van der Waals surface area contributed by atoms with Gasteiger partial charge in [0.2, 0.25) is 0 Å². The highest BCUT2D eigenvalue weighted by molar-refractivity contribution is 6.30. The Labute approximate surface area is 228 Å². The molecule has 0 aromatic heterocycles. The van der Waals surface area contributed by atoms with Gasteiger partial charge >= 0.3 is 17.9 Å². The van der Waals surface area contributed by atoms with Gasteiger partial charge in [0.05, 0.1) is 17.2 Å². The van der Waals surface area contributed by atoms with Crippen LogP contribution in [0.1, 0.15) is 77.6 Å². The van der Waals surface area contributed by atoms with Gasteiger partial charge in [-0.1, -0.05) is 24.3 Å². The van der Waals surface area contributed by atoms with Crippen LogP contribution < -0.4 is 0 Å². The van der Waals surface area contributed by atoms with Crippen LogP contribution in [0.4, 0.5) is 0 Å². The average molecular weight is 557 g/mol. The van der Waals surface area contributed by atoms with E-state index in [1.807, 2.05) is 0 Å². The van der Waals surface area contributed by atoms with E-state index in [-0.39, 0.29) is 40.8 Å². The van der Waals surface area contributed by atoms with Gasteiger partial charge in [-0.2, -0.15) is 0 Å². The number of benzene rings is 2. The maximum absolute atomic E-state index is 13.2. The normalized spacial score (nSPS) is 22.5. The lowest BCUT2D eigenvalue weighted by Crippen LogP contribution is -2.54. The minimum absolute atomic E-state index is 0.0111. The lowest BCUT2D eigenvalue weighted by Gasteiger charge is -2.40. The van der Waals surface area contributed by atoms with E-state index in [0.29, 0.717) is 0 Å². The molecule has 1 aliphatic carbocycles.